The van der Waals surface area contributed by atoms with Crippen molar-refractivity contribution >= 4 is 51.5 Å². The zero-order valence-electron chi connectivity index (χ0n) is 20.3. The van der Waals surface area contributed by atoms with Crippen LogP contribution in [0.15, 0.2) is 40.4 Å². The van der Waals surface area contributed by atoms with E-state index >= 15 is 0 Å². The summed E-state index contributed by atoms with van der Waals surface area (Å²) in [4.78, 5) is 50.6. The summed E-state index contributed by atoms with van der Waals surface area (Å²) in [5.41, 5.74) is 0.151. The maximum absolute atomic E-state index is 13.5. The van der Waals surface area contributed by atoms with Gasteiger partial charge in [-0.3, -0.25) is 14.9 Å². The molecule has 0 aliphatic carbocycles. The number of benzene rings is 2. The van der Waals surface area contributed by atoms with Crippen LogP contribution in [-0.4, -0.2) is 55.3 Å². The van der Waals surface area contributed by atoms with E-state index in [4.69, 9.17) is 24.1 Å². The molecule has 1 fully saturated rings. The fourth-order valence-corrected chi connectivity index (χ4v) is 4.03. The SMILES string of the molecule is CCOc1ccc(OCC)c(N2C(=O)NC(=O)/C(=C\c3cc(Br)c(OCC(=O)O)c(OCC)c3)C2=O)c1. The van der Waals surface area contributed by atoms with Crippen molar-refractivity contribution in [3.05, 3.63) is 45.9 Å². The summed E-state index contributed by atoms with van der Waals surface area (Å²) in [7, 11) is 0. The smallest absolute Gasteiger partial charge is 0.341 e. The van der Waals surface area contributed by atoms with Gasteiger partial charge in [-0.15, -0.1) is 0 Å². The summed E-state index contributed by atoms with van der Waals surface area (Å²) in [5, 5.41) is 11.1. The van der Waals surface area contributed by atoms with Gasteiger partial charge in [0.15, 0.2) is 18.1 Å². The van der Waals surface area contributed by atoms with Crippen molar-refractivity contribution in [2.45, 2.75) is 20.8 Å². The predicted molar refractivity (Wildman–Crippen MR) is 136 cm³/mol. The fourth-order valence-electron chi connectivity index (χ4n) is 3.46. The first-order valence-electron chi connectivity index (χ1n) is 11.3. The lowest BCUT2D eigenvalue weighted by molar-refractivity contribution is -0.139. The highest BCUT2D eigenvalue weighted by atomic mass is 79.9. The second kappa shape index (κ2) is 12.3. The van der Waals surface area contributed by atoms with E-state index < -0.39 is 30.4 Å². The minimum Gasteiger partial charge on any atom is -0.494 e. The second-order valence-corrected chi connectivity index (χ2v) is 8.25. The molecule has 12 heteroatoms. The lowest BCUT2D eigenvalue weighted by atomic mass is 10.1. The first-order valence-corrected chi connectivity index (χ1v) is 12.1. The number of amides is 4. The van der Waals surface area contributed by atoms with Crippen molar-refractivity contribution in [1.29, 1.82) is 0 Å². The van der Waals surface area contributed by atoms with Crippen LogP contribution in [0.1, 0.15) is 26.3 Å². The van der Waals surface area contributed by atoms with Crippen molar-refractivity contribution in [1.82, 2.24) is 5.32 Å². The first kappa shape index (κ1) is 27.5. The molecule has 1 aliphatic rings. The quantitative estimate of drug-likeness (QED) is 0.302. The molecule has 0 spiro atoms. The van der Waals surface area contributed by atoms with Crippen LogP contribution in [0.25, 0.3) is 6.08 Å². The molecule has 196 valence electrons. The Bertz CT molecular complexity index is 1260. The van der Waals surface area contributed by atoms with Crippen LogP contribution in [0, 0.1) is 0 Å². The van der Waals surface area contributed by atoms with Gasteiger partial charge >= 0.3 is 12.0 Å². The molecule has 2 N–H and O–H groups in total. The molecule has 11 nitrogen and oxygen atoms in total. The summed E-state index contributed by atoms with van der Waals surface area (Å²) in [6.07, 6.45) is 1.29. The van der Waals surface area contributed by atoms with Crippen molar-refractivity contribution in [2.75, 3.05) is 31.3 Å². The third-order valence-electron chi connectivity index (χ3n) is 4.87. The van der Waals surface area contributed by atoms with Crippen LogP contribution < -0.4 is 29.2 Å². The Morgan fingerprint density at radius 1 is 0.973 bits per heavy atom. The topological polar surface area (TPSA) is 141 Å². The second-order valence-electron chi connectivity index (χ2n) is 7.40. The van der Waals surface area contributed by atoms with Gasteiger partial charge < -0.3 is 24.1 Å². The van der Waals surface area contributed by atoms with Gasteiger partial charge in [0.25, 0.3) is 11.8 Å². The van der Waals surface area contributed by atoms with Gasteiger partial charge in [0.2, 0.25) is 0 Å². The number of carboxylic acids is 1. The number of hydrogen-bond donors (Lipinski definition) is 2. The number of carbonyl (C=O) groups is 4. The number of urea groups is 1. The molecule has 1 aliphatic heterocycles. The number of nitrogens with zero attached hydrogens (tertiary/aromatic N) is 1. The molecule has 2 aromatic rings. The largest absolute Gasteiger partial charge is 0.494 e. The lowest BCUT2D eigenvalue weighted by Gasteiger charge is -2.28. The molecular weight excluding hydrogens is 552 g/mol. The molecule has 37 heavy (non-hydrogen) atoms. The first-order chi connectivity index (χ1) is 17.7. The highest BCUT2D eigenvalue weighted by molar-refractivity contribution is 9.10. The Morgan fingerprint density at radius 3 is 2.30 bits per heavy atom. The number of hydrogen-bond acceptors (Lipinski definition) is 8. The van der Waals surface area contributed by atoms with Gasteiger partial charge in [-0.2, -0.15) is 0 Å². The Morgan fingerprint density at radius 2 is 1.65 bits per heavy atom. The number of carbonyl (C=O) groups excluding carboxylic acids is 3. The number of imide groups is 2. The normalized spacial score (nSPS) is 14.4. The average Bonchev–Trinajstić information content (AvgIpc) is 2.83. The third-order valence-corrected chi connectivity index (χ3v) is 5.46. The van der Waals surface area contributed by atoms with E-state index in [1.807, 2.05) is 0 Å². The van der Waals surface area contributed by atoms with E-state index in [9.17, 15) is 19.2 Å². The number of carboxylic acid groups (broad SMARTS) is 1. The fraction of sp³-hybridized carbons (Fsp3) is 0.280. The lowest BCUT2D eigenvalue weighted by Crippen LogP contribution is -2.54. The Hall–Kier alpha value is -4.06. The molecule has 0 saturated carbocycles. The van der Waals surface area contributed by atoms with Crippen molar-refractivity contribution < 1.29 is 43.2 Å². The van der Waals surface area contributed by atoms with Gasteiger partial charge in [0, 0.05) is 6.07 Å². The van der Waals surface area contributed by atoms with Crippen LogP contribution in [0.2, 0.25) is 0 Å². The Labute approximate surface area is 221 Å². The average molecular weight is 577 g/mol. The van der Waals surface area contributed by atoms with Crippen LogP contribution >= 0.6 is 15.9 Å². The molecule has 0 atom stereocenters. The third kappa shape index (κ3) is 6.39. The van der Waals surface area contributed by atoms with E-state index in [0.29, 0.717) is 22.4 Å². The van der Waals surface area contributed by atoms with E-state index in [1.54, 1.807) is 32.9 Å². The molecule has 1 saturated heterocycles. The summed E-state index contributed by atoms with van der Waals surface area (Å²) < 4.78 is 22.3. The minimum absolute atomic E-state index is 0.113. The molecular formula is C25H25BrN2O9. The predicted octanol–water partition coefficient (Wildman–Crippen LogP) is 3.78. The molecule has 4 amide bonds. The van der Waals surface area contributed by atoms with Crippen LogP contribution in [0.5, 0.6) is 23.0 Å². The number of aliphatic carboxylic acids is 1. The van der Waals surface area contributed by atoms with Crippen molar-refractivity contribution in [2.24, 2.45) is 0 Å². The molecule has 1 heterocycles. The van der Waals surface area contributed by atoms with Gasteiger partial charge in [0.05, 0.1) is 30.0 Å². The van der Waals surface area contributed by atoms with Crippen LogP contribution in [-0.2, 0) is 14.4 Å². The summed E-state index contributed by atoms with van der Waals surface area (Å²) in [5.74, 6) is -1.92. The molecule has 0 unspecified atom stereocenters. The molecule has 2 aromatic carbocycles. The number of ether oxygens (including phenoxy) is 4. The van der Waals surface area contributed by atoms with Gasteiger partial charge in [0.1, 0.15) is 17.1 Å². The highest BCUT2D eigenvalue weighted by Crippen LogP contribution is 2.38. The minimum atomic E-state index is -1.17. The summed E-state index contributed by atoms with van der Waals surface area (Å²) in [6, 6.07) is 6.78. The van der Waals surface area contributed by atoms with Gasteiger partial charge in [-0.25, -0.2) is 14.5 Å². The molecule has 0 radical (unpaired) electrons. The zero-order chi connectivity index (χ0) is 27.1. The van der Waals surface area contributed by atoms with E-state index in [1.165, 1.54) is 24.3 Å². The van der Waals surface area contributed by atoms with Gasteiger partial charge in [-0.1, -0.05) is 0 Å². The van der Waals surface area contributed by atoms with Crippen molar-refractivity contribution in [3.63, 3.8) is 0 Å². The van der Waals surface area contributed by atoms with Crippen LogP contribution in [0.3, 0.4) is 0 Å². The Balaban J connectivity index is 2.06. The number of rotatable bonds is 11. The number of barbiturate groups is 1. The Kier molecular flexibility index (Phi) is 9.12. The van der Waals surface area contributed by atoms with E-state index in [0.717, 1.165) is 4.90 Å². The van der Waals surface area contributed by atoms with E-state index in [-0.39, 0.29) is 41.7 Å². The molecule has 0 aromatic heterocycles. The summed E-state index contributed by atoms with van der Waals surface area (Å²) >= 11 is 3.31. The standard InChI is InChI=1S/C25H25BrN2O9/c1-4-34-15-7-8-19(35-5-2)18(12-15)28-24(32)16(23(31)27-25(28)33)9-14-10-17(26)22(37-13-21(29)30)20(11-14)36-6-3/h7-12H,4-6,13H2,1-3H3,(H,29,30)(H,27,31,33)/b16-9+. The van der Waals surface area contributed by atoms with Crippen molar-refractivity contribution in [3.8, 4) is 23.0 Å². The van der Waals surface area contributed by atoms with Gasteiger partial charge in [-0.05, 0) is 72.6 Å². The maximum Gasteiger partial charge on any atom is 0.341 e. The molecule has 3 rings (SSSR count). The number of anilines is 1. The number of halogens is 1. The summed E-state index contributed by atoms with van der Waals surface area (Å²) in [6.45, 7) is 5.56. The van der Waals surface area contributed by atoms with Crippen LogP contribution in [0.4, 0.5) is 10.5 Å². The molecule has 0 bridgehead atoms. The maximum atomic E-state index is 13.5. The number of nitrogens with one attached hydrogen (secondary N) is 1. The van der Waals surface area contributed by atoms with E-state index in [2.05, 4.69) is 21.2 Å². The highest BCUT2D eigenvalue weighted by Gasteiger charge is 2.38. The zero-order valence-corrected chi connectivity index (χ0v) is 21.9. The monoisotopic (exact) mass is 576 g/mol.